The van der Waals surface area contributed by atoms with Gasteiger partial charge in [0.15, 0.2) is 0 Å². The van der Waals surface area contributed by atoms with Crippen LogP contribution in [0.15, 0.2) is 91.0 Å². The summed E-state index contributed by atoms with van der Waals surface area (Å²) in [5.74, 6) is 1.65. The molecule has 3 aromatic carbocycles. The van der Waals surface area contributed by atoms with E-state index in [0.29, 0.717) is 56.9 Å². The molecule has 0 aliphatic carbocycles. The van der Waals surface area contributed by atoms with Crippen molar-refractivity contribution in [2.75, 3.05) is 38.2 Å². The number of methoxy groups -OCH3 is 1. The van der Waals surface area contributed by atoms with Crippen molar-refractivity contribution in [2.45, 2.75) is 39.6 Å². The minimum atomic E-state index is -0.512. The lowest BCUT2D eigenvalue weighted by Crippen LogP contribution is -2.50. The Morgan fingerprint density at radius 2 is 1.37 bits per heavy atom. The van der Waals surface area contributed by atoms with Gasteiger partial charge in [-0.25, -0.2) is 4.79 Å². The minimum absolute atomic E-state index is 0.271. The van der Waals surface area contributed by atoms with Gasteiger partial charge in [0.2, 0.25) is 11.8 Å². The van der Waals surface area contributed by atoms with Crippen LogP contribution < -0.4 is 19.1 Å². The minimum Gasteiger partial charge on any atom is -0.496 e. The first-order valence-corrected chi connectivity index (χ1v) is 14.5. The summed E-state index contributed by atoms with van der Waals surface area (Å²) in [6, 6.07) is 29.9. The van der Waals surface area contributed by atoms with Crippen LogP contribution in [-0.4, -0.2) is 54.9 Å². The fraction of sp³-hybridized carbons (Fsp3) is 0.314. The third kappa shape index (κ3) is 7.97. The second-order valence-corrected chi connectivity index (χ2v) is 11.4. The number of amides is 1. The highest BCUT2D eigenvalue weighted by molar-refractivity contribution is 5.77. The van der Waals surface area contributed by atoms with Gasteiger partial charge < -0.3 is 28.7 Å². The molecule has 1 amide bonds. The lowest BCUT2D eigenvalue weighted by molar-refractivity contribution is 0.0240. The maximum atomic E-state index is 12.5. The standard InChI is InChI=1S/C35H39N3O5/c1-35(2,3)43-34(39)38-21-19-37(20-22-38)28-15-16-29(31(23-28)40-4)30-17-18-32(41-24-26-11-7-5-8-12-26)36-33(30)42-25-27-13-9-6-10-14-27/h5-18,23H,19-22,24-25H2,1-4H3. The van der Waals surface area contributed by atoms with Crippen LogP contribution in [-0.2, 0) is 18.0 Å². The lowest BCUT2D eigenvalue weighted by atomic mass is 10.0. The molecule has 0 unspecified atom stereocenters. The van der Waals surface area contributed by atoms with E-state index in [9.17, 15) is 4.79 Å². The summed E-state index contributed by atoms with van der Waals surface area (Å²) >= 11 is 0. The number of anilines is 1. The van der Waals surface area contributed by atoms with Crippen molar-refractivity contribution in [2.24, 2.45) is 0 Å². The van der Waals surface area contributed by atoms with Crippen LogP contribution in [0.25, 0.3) is 11.1 Å². The van der Waals surface area contributed by atoms with Gasteiger partial charge in [-0.3, -0.25) is 0 Å². The molecule has 8 nitrogen and oxygen atoms in total. The first-order chi connectivity index (χ1) is 20.8. The fourth-order valence-corrected chi connectivity index (χ4v) is 4.85. The maximum Gasteiger partial charge on any atom is 0.410 e. The monoisotopic (exact) mass is 581 g/mol. The van der Waals surface area contributed by atoms with Crippen LogP contribution in [0.4, 0.5) is 10.5 Å². The number of nitrogens with zero attached hydrogens (tertiary/aromatic N) is 3. The number of piperazine rings is 1. The highest BCUT2D eigenvalue weighted by Crippen LogP contribution is 2.39. The summed E-state index contributed by atoms with van der Waals surface area (Å²) in [4.78, 5) is 21.3. The van der Waals surface area contributed by atoms with Gasteiger partial charge in [-0.2, -0.15) is 4.98 Å². The molecular weight excluding hydrogens is 542 g/mol. The first-order valence-electron chi connectivity index (χ1n) is 14.5. The van der Waals surface area contributed by atoms with Crippen molar-refractivity contribution in [3.63, 3.8) is 0 Å². The Balaban J connectivity index is 1.35. The zero-order valence-corrected chi connectivity index (χ0v) is 25.3. The molecule has 1 aliphatic heterocycles. The van der Waals surface area contributed by atoms with Crippen molar-refractivity contribution >= 4 is 11.8 Å². The quantitative estimate of drug-likeness (QED) is 0.211. The van der Waals surface area contributed by atoms with E-state index in [1.165, 1.54) is 0 Å². The van der Waals surface area contributed by atoms with Gasteiger partial charge in [-0.15, -0.1) is 0 Å². The average molecular weight is 582 g/mol. The number of pyridine rings is 1. The van der Waals surface area contributed by atoms with E-state index in [1.807, 2.05) is 106 Å². The topological polar surface area (TPSA) is 73.4 Å². The van der Waals surface area contributed by atoms with Gasteiger partial charge in [-0.1, -0.05) is 60.7 Å². The Kier molecular flexibility index (Phi) is 9.35. The van der Waals surface area contributed by atoms with E-state index in [4.69, 9.17) is 23.9 Å². The molecule has 0 saturated carbocycles. The van der Waals surface area contributed by atoms with Gasteiger partial charge >= 0.3 is 6.09 Å². The number of hydrogen-bond acceptors (Lipinski definition) is 7. The van der Waals surface area contributed by atoms with Crippen molar-refractivity contribution in [3.8, 4) is 28.6 Å². The number of hydrogen-bond donors (Lipinski definition) is 0. The van der Waals surface area contributed by atoms with E-state index >= 15 is 0 Å². The number of carbonyl (C=O) groups is 1. The van der Waals surface area contributed by atoms with E-state index in [0.717, 1.165) is 27.9 Å². The van der Waals surface area contributed by atoms with E-state index in [1.54, 1.807) is 12.0 Å². The third-order valence-corrected chi connectivity index (χ3v) is 7.05. The SMILES string of the molecule is COc1cc(N2CCN(C(=O)OC(C)(C)C)CC2)ccc1-c1ccc(OCc2ccccc2)nc1OCc1ccccc1. The molecule has 0 radical (unpaired) electrons. The van der Waals surface area contributed by atoms with Crippen molar-refractivity contribution < 1.29 is 23.7 Å². The molecule has 0 atom stereocenters. The van der Waals surface area contributed by atoms with Crippen LogP contribution >= 0.6 is 0 Å². The molecule has 0 spiro atoms. The number of benzene rings is 3. The van der Waals surface area contributed by atoms with Gasteiger partial charge in [0.1, 0.15) is 24.6 Å². The summed E-state index contributed by atoms with van der Waals surface area (Å²) in [6.07, 6.45) is -0.271. The Labute approximate surface area is 253 Å². The second kappa shape index (κ2) is 13.5. The summed E-state index contributed by atoms with van der Waals surface area (Å²) in [6.45, 7) is 8.99. The van der Waals surface area contributed by atoms with E-state index < -0.39 is 5.60 Å². The van der Waals surface area contributed by atoms with Crippen LogP contribution in [0.3, 0.4) is 0 Å². The maximum absolute atomic E-state index is 12.5. The number of carbonyl (C=O) groups excluding carboxylic acids is 1. The predicted octanol–water partition coefficient (Wildman–Crippen LogP) is 6.97. The van der Waals surface area contributed by atoms with Gasteiger partial charge in [0.25, 0.3) is 0 Å². The number of aromatic nitrogens is 1. The van der Waals surface area contributed by atoms with Gasteiger partial charge in [0.05, 0.1) is 7.11 Å². The molecule has 0 bridgehead atoms. The molecule has 4 aromatic rings. The molecule has 224 valence electrons. The molecule has 0 N–H and O–H groups in total. The van der Waals surface area contributed by atoms with E-state index in [-0.39, 0.29) is 6.09 Å². The second-order valence-electron chi connectivity index (χ2n) is 11.4. The zero-order valence-electron chi connectivity index (χ0n) is 25.3. The van der Waals surface area contributed by atoms with Crippen molar-refractivity contribution in [1.29, 1.82) is 0 Å². The highest BCUT2D eigenvalue weighted by atomic mass is 16.6. The van der Waals surface area contributed by atoms with Gasteiger partial charge in [0, 0.05) is 55.1 Å². The normalized spacial score (nSPS) is 13.4. The Morgan fingerprint density at radius 3 is 1.98 bits per heavy atom. The van der Waals surface area contributed by atoms with Crippen LogP contribution in [0.5, 0.6) is 17.5 Å². The van der Waals surface area contributed by atoms with Gasteiger partial charge in [-0.05, 0) is 50.1 Å². The Hall–Kier alpha value is -4.72. The molecule has 1 saturated heterocycles. The van der Waals surface area contributed by atoms with E-state index in [2.05, 4.69) is 11.0 Å². The first kappa shape index (κ1) is 29.8. The smallest absolute Gasteiger partial charge is 0.410 e. The molecule has 5 rings (SSSR count). The Morgan fingerprint density at radius 1 is 0.767 bits per heavy atom. The number of ether oxygens (including phenoxy) is 4. The molecule has 8 heteroatoms. The molecule has 43 heavy (non-hydrogen) atoms. The molecule has 1 fully saturated rings. The molecule has 2 heterocycles. The highest BCUT2D eigenvalue weighted by Gasteiger charge is 2.26. The van der Waals surface area contributed by atoms with Crippen LogP contribution in [0.2, 0.25) is 0 Å². The van der Waals surface area contributed by atoms with Crippen molar-refractivity contribution in [3.05, 3.63) is 102 Å². The molecule has 1 aliphatic rings. The summed E-state index contributed by atoms with van der Waals surface area (Å²) in [7, 11) is 1.67. The molecular formula is C35H39N3O5. The average Bonchev–Trinajstić information content (AvgIpc) is 3.03. The zero-order chi connectivity index (χ0) is 30.2. The number of rotatable bonds is 9. The third-order valence-electron chi connectivity index (χ3n) is 7.05. The van der Waals surface area contributed by atoms with Crippen LogP contribution in [0, 0.1) is 0 Å². The Bertz CT molecular complexity index is 1500. The fourth-order valence-electron chi connectivity index (χ4n) is 4.85. The lowest BCUT2D eigenvalue weighted by Gasteiger charge is -2.37. The van der Waals surface area contributed by atoms with Crippen molar-refractivity contribution in [1.82, 2.24) is 9.88 Å². The predicted molar refractivity (Wildman–Crippen MR) is 168 cm³/mol. The summed E-state index contributed by atoms with van der Waals surface area (Å²) in [5.41, 5.74) is 4.28. The summed E-state index contributed by atoms with van der Waals surface area (Å²) in [5, 5.41) is 0. The summed E-state index contributed by atoms with van der Waals surface area (Å²) < 4.78 is 23.7. The largest absolute Gasteiger partial charge is 0.496 e. The molecule has 1 aromatic heterocycles. The van der Waals surface area contributed by atoms with Crippen LogP contribution in [0.1, 0.15) is 31.9 Å².